The maximum atomic E-state index is 12.4. The molecule has 1 aliphatic heterocycles. The third kappa shape index (κ3) is 2.50. The first kappa shape index (κ1) is 15.7. The number of ether oxygens (including phenoxy) is 1. The maximum Gasteiger partial charge on any atom is 0.235 e. The van der Waals surface area contributed by atoms with Gasteiger partial charge >= 0.3 is 0 Å². The Morgan fingerprint density at radius 3 is 2.45 bits per heavy atom. The van der Waals surface area contributed by atoms with Gasteiger partial charge in [-0.2, -0.15) is 4.99 Å². The van der Waals surface area contributed by atoms with Crippen LogP contribution in [0, 0.1) is 0 Å². The molecule has 0 unspecified atom stereocenters. The quantitative estimate of drug-likeness (QED) is 0.623. The van der Waals surface area contributed by atoms with E-state index in [4.69, 9.17) is 16.3 Å². The summed E-state index contributed by atoms with van der Waals surface area (Å²) in [5.74, 6) is 0. The van der Waals surface area contributed by atoms with Gasteiger partial charge in [0.1, 0.15) is 5.25 Å². The fourth-order valence-electron chi connectivity index (χ4n) is 3.11. The molecule has 7 heteroatoms. The molecule has 0 aromatic heterocycles. The van der Waals surface area contributed by atoms with Crippen LogP contribution in [0.3, 0.4) is 0 Å². The molecule has 2 fully saturated rings. The molecule has 1 aromatic carbocycles. The van der Waals surface area contributed by atoms with Crippen LogP contribution < -0.4 is 0 Å². The van der Waals surface area contributed by atoms with Gasteiger partial charge in [-0.15, -0.1) is 0 Å². The van der Waals surface area contributed by atoms with Gasteiger partial charge in [-0.05, 0) is 30.5 Å². The predicted molar refractivity (Wildman–Crippen MR) is 81.5 cm³/mol. The van der Waals surface area contributed by atoms with Gasteiger partial charge in [0.05, 0.1) is 28.7 Å². The Bertz CT molecular complexity index is 730. The van der Waals surface area contributed by atoms with Crippen molar-refractivity contribution in [2.45, 2.75) is 41.4 Å². The molecule has 1 saturated carbocycles. The molecular weight excluding hydrogens is 326 g/mol. The van der Waals surface area contributed by atoms with Gasteiger partial charge in [0.25, 0.3) is 0 Å². The lowest BCUT2D eigenvalue weighted by Gasteiger charge is -2.27. The van der Waals surface area contributed by atoms with Crippen LogP contribution in [0.15, 0.2) is 28.1 Å². The third-order valence-electron chi connectivity index (χ3n) is 4.51. The lowest BCUT2D eigenvalue weighted by atomic mass is 9.89. The summed E-state index contributed by atoms with van der Waals surface area (Å²) in [5.41, 5.74) is 0.176. The largest absolute Gasteiger partial charge is 0.379 e. The Kier molecular flexibility index (Phi) is 4.12. The monoisotopic (exact) mass is 341 g/mol. The van der Waals surface area contributed by atoms with Gasteiger partial charge in [0.2, 0.25) is 6.08 Å². The van der Waals surface area contributed by atoms with Crippen LogP contribution in [0.4, 0.5) is 0 Å². The fraction of sp³-hybridized carbons (Fsp3) is 0.533. The summed E-state index contributed by atoms with van der Waals surface area (Å²) >= 11 is 6.22. The van der Waals surface area contributed by atoms with Crippen LogP contribution in [0.5, 0.6) is 0 Å². The number of nitrogens with zero attached hydrogens (tertiary/aromatic N) is 1. The molecule has 0 spiro atoms. The molecule has 2 aliphatic rings. The molecule has 22 heavy (non-hydrogen) atoms. The van der Waals surface area contributed by atoms with E-state index in [-0.39, 0.29) is 23.1 Å². The maximum absolute atomic E-state index is 12.4. The van der Waals surface area contributed by atoms with Gasteiger partial charge in [-0.1, -0.05) is 30.5 Å². The van der Waals surface area contributed by atoms with Gasteiger partial charge in [0.15, 0.2) is 9.84 Å². The first-order chi connectivity index (χ1) is 10.5. The van der Waals surface area contributed by atoms with E-state index in [1.807, 2.05) is 0 Å². The van der Waals surface area contributed by atoms with Crippen molar-refractivity contribution >= 4 is 27.5 Å². The number of carbonyl (C=O) groups excluding carboxylic acids is 1. The van der Waals surface area contributed by atoms with E-state index in [1.165, 1.54) is 6.07 Å². The molecule has 0 bridgehead atoms. The highest BCUT2D eigenvalue weighted by Crippen LogP contribution is 2.43. The molecule has 0 N–H and O–H groups in total. The minimum Gasteiger partial charge on any atom is -0.379 e. The van der Waals surface area contributed by atoms with Crippen molar-refractivity contribution in [3.8, 4) is 0 Å². The first-order valence-electron chi connectivity index (χ1n) is 7.20. The summed E-state index contributed by atoms with van der Waals surface area (Å²) < 4.78 is 29.8. The number of hydrogen-bond donors (Lipinski definition) is 0. The standard InChI is InChI=1S/C15H16ClNO4S/c16-13-7-11(15(17-10-18)5-1-2-6-15)3-4-14(13)22(19,20)12-8-21-9-12/h3-4,7,12H,1-2,5-6,8-9H2. The average Bonchev–Trinajstić information content (AvgIpc) is 2.86. The van der Waals surface area contributed by atoms with Gasteiger partial charge in [-0.3, -0.25) is 0 Å². The SMILES string of the molecule is O=C=NC1(c2ccc(S(=O)(=O)C3COC3)c(Cl)c2)CCCC1. The molecule has 118 valence electrons. The number of aliphatic imine (C=N–C) groups is 1. The van der Waals surface area contributed by atoms with Gasteiger partial charge in [0, 0.05) is 0 Å². The molecular formula is C15H16ClNO4S. The minimum atomic E-state index is -3.47. The van der Waals surface area contributed by atoms with Crippen LogP contribution in [-0.2, 0) is 24.9 Å². The predicted octanol–water partition coefficient (Wildman–Crippen LogP) is 2.62. The van der Waals surface area contributed by atoms with Crippen LogP contribution in [0.2, 0.25) is 5.02 Å². The number of isocyanates is 1. The molecule has 1 aliphatic carbocycles. The highest BCUT2D eigenvalue weighted by Gasteiger charge is 2.38. The van der Waals surface area contributed by atoms with Gasteiger partial charge in [-0.25, -0.2) is 13.2 Å². The fourth-order valence-corrected chi connectivity index (χ4v) is 5.11. The molecule has 0 amide bonds. The Hall–Kier alpha value is -1.20. The van der Waals surface area contributed by atoms with E-state index in [2.05, 4.69) is 4.99 Å². The van der Waals surface area contributed by atoms with Crippen molar-refractivity contribution in [2.75, 3.05) is 13.2 Å². The second-order valence-corrected chi connectivity index (χ2v) is 8.40. The van der Waals surface area contributed by atoms with E-state index in [1.54, 1.807) is 18.2 Å². The summed E-state index contributed by atoms with van der Waals surface area (Å²) in [6, 6.07) is 4.86. The van der Waals surface area contributed by atoms with Crippen molar-refractivity contribution in [2.24, 2.45) is 4.99 Å². The Morgan fingerprint density at radius 1 is 1.27 bits per heavy atom. The highest BCUT2D eigenvalue weighted by molar-refractivity contribution is 7.92. The van der Waals surface area contributed by atoms with E-state index in [0.717, 1.165) is 31.2 Å². The zero-order valence-corrected chi connectivity index (χ0v) is 13.5. The molecule has 3 rings (SSSR count). The minimum absolute atomic E-state index is 0.120. The summed E-state index contributed by atoms with van der Waals surface area (Å²) in [4.78, 5) is 14.9. The highest BCUT2D eigenvalue weighted by atomic mass is 35.5. The van der Waals surface area contributed by atoms with E-state index in [0.29, 0.717) is 0 Å². The van der Waals surface area contributed by atoms with Crippen LogP contribution in [0.25, 0.3) is 0 Å². The second-order valence-electron chi connectivity index (χ2n) is 5.79. The normalized spacial score (nSPS) is 21.1. The number of hydrogen-bond acceptors (Lipinski definition) is 5. The van der Waals surface area contributed by atoms with Crippen molar-refractivity contribution in [1.82, 2.24) is 0 Å². The zero-order valence-electron chi connectivity index (χ0n) is 11.9. The topological polar surface area (TPSA) is 72.8 Å². The lowest BCUT2D eigenvalue weighted by Crippen LogP contribution is -2.40. The van der Waals surface area contributed by atoms with Crippen LogP contribution in [-0.4, -0.2) is 33.0 Å². The van der Waals surface area contributed by atoms with E-state index in [9.17, 15) is 13.2 Å². The number of sulfone groups is 1. The van der Waals surface area contributed by atoms with Crippen molar-refractivity contribution in [3.05, 3.63) is 28.8 Å². The summed E-state index contributed by atoms with van der Waals surface area (Å²) in [7, 11) is -3.47. The number of halogens is 1. The van der Waals surface area contributed by atoms with Crippen molar-refractivity contribution < 1.29 is 17.9 Å². The smallest absolute Gasteiger partial charge is 0.235 e. The molecule has 5 nitrogen and oxygen atoms in total. The van der Waals surface area contributed by atoms with Gasteiger partial charge < -0.3 is 4.74 Å². The lowest BCUT2D eigenvalue weighted by molar-refractivity contribution is 0.0416. The molecule has 1 heterocycles. The van der Waals surface area contributed by atoms with Crippen LogP contribution in [0.1, 0.15) is 31.2 Å². The third-order valence-corrected chi connectivity index (χ3v) is 7.06. The average molecular weight is 342 g/mol. The number of benzene rings is 1. The van der Waals surface area contributed by atoms with E-state index >= 15 is 0 Å². The molecule has 1 saturated heterocycles. The summed E-state index contributed by atoms with van der Waals surface area (Å²) in [6.07, 6.45) is 5.10. The van der Waals surface area contributed by atoms with E-state index < -0.39 is 20.6 Å². The molecule has 0 atom stereocenters. The Morgan fingerprint density at radius 2 is 1.95 bits per heavy atom. The first-order valence-corrected chi connectivity index (χ1v) is 9.13. The Labute approximate surface area is 134 Å². The van der Waals surface area contributed by atoms with Crippen molar-refractivity contribution in [3.63, 3.8) is 0 Å². The Balaban J connectivity index is 2.00. The molecule has 1 aromatic rings. The zero-order chi connectivity index (χ0) is 15.8. The summed E-state index contributed by atoms with van der Waals surface area (Å²) in [6.45, 7) is 0.416. The number of rotatable bonds is 4. The molecule has 0 radical (unpaired) electrons. The summed E-state index contributed by atoms with van der Waals surface area (Å²) in [5, 5.41) is -0.346. The van der Waals surface area contributed by atoms with Crippen molar-refractivity contribution in [1.29, 1.82) is 0 Å². The van der Waals surface area contributed by atoms with Crippen LogP contribution >= 0.6 is 11.6 Å². The second kappa shape index (κ2) is 5.78.